The van der Waals surface area contributed by atoms with Gasteiger partial charge in [0, 0.05) is 26.2 Å². The summed E-state index contributed by atoms with van der Waals surface area (Å²) in [5.41, 5.74) is 5.67. The third-order valence-electron chi connectivity index (χ3n) is 3.39. The molecule has 21 heavy (non-hydrogen) atoms. The van der Waals surface area contributed by atoms with Gasteiger partial charge in [-0.15, -0.1) is 0 Å². The highest BCUT2D eigenvalue weighted by atomic mass is 32.2. The fourth-order valence-electron chi connectivity index (χ4n) is 1.89. The minimum absolute atomic E-state index is 0.0154. The Kier molecular flexibility index (Phi) is 6.08. The molecule has 0 radical (unpaired) electrons. The van der Waals surface area contributed by atoms with Gasteiger partial charge in [-0.1, -0.05) is 13.8 Å². The number of hydrogen-bond acceptors (Lipinski definition) is 5. The van der Waals surface area contributed by atoms with E-state index in [-0.39, 0.29) is 50.5 Å². The van der Waals surface area contributed by atoms with Gasteiger partial charge in [0.1, 0.15) is 0 Å². The fourth-order valence-corrected chi connectivity index (χ4v) is 2.56. The highest BCUT2D eigenvalue weighted by Gasteiger charge is 2.27. The predicted octanol–water partition coefficient (Wildman–Crippen LogP) is -2.57. The minimum atomic E-state index is -3.71. The highest BCUT2D eigenvalue weighted by molar-refractivity contribution is 7.86. The number of nitrogens with one attached hydrogen (secondary N) is 1. The van der Waals surface area contributed by atoms with E-state index in [1.807, 2.05) is 13.8 Å². The van der Waals surface area contributed by atoms with Crippen molar-refractivity contribution in [1.82, 2.24) is 14.5 Å². The van der Waals surface area contributed by atoms with Crippen molar-refractivity contribution in [2.75, 3.05) is 32.7 Å². The van der Waals surface area contributed by atoms with Crippen LogP contribution in [0.25, 0.3) is 0 Å². The van der Waals surface area contributed by atoms with Crippen LogP contribution in [-0.2, 0) is 19.8 Å². The largest absolute Gasteiger partial charge is 0.346 e. The molecule has 122 valence electrons. The maximum absolute atomic E-state index is 11.9. The number of rotatable bonds is 5. The average Bonchev–Trinajstić information content (AvgIpc) is 2.42. The molecule has 1 aliphatic rings. The van der Waals surface area contributed by atoms with Crippen molar-refractivity contribution in [3.8, 4) is 0 Å². The number of hydrogen-bond donors (Lipinski definition) is 3. The molecule has 10 heteroatoms. The van der Waals surface area contributed by atoms with Crippen LogP contribution >= 0.6 is 0 Å². The Morgan fingerprint density at radius 2 is 1.71 bits per heavy atom. The van der Waals surface area contributed by atoms with Crippen molar-refractivity contribution >= 4 is 22.0 Å². The van der Waals surface area contributed by atoms with E-state index in [4.69, 9.17) is 10.9 Å². The van der Waals surface area contributed by atoms with Crippen LogP contribution in [0.5, 0.6) is 0 Å². The zero-order valence-corrected chi connectivity index (χ0v) is 13.1. The molecule has 0 aromatic rings. The molecule has 0 bridgehead atoms. The van der Waals surface area contributed by atoms with Gasteiger partial charge < -0.3 is 16.0 Å². The van der Waals surface area contributed by atoms with E-state index in [1.54, 1.807) is 0 Å². The molecule has 1 atom stereocenters. The molecule has 9 nitrogen and oxygen atoms in total. The van der Waals surface area contributed by atoms with Crippen LogP contribution in [0, 0.1) is 5.92 Å². The zero-order valence-electron chi connectivity index (χ0n) is 12.3. The first-order chi connectivity index (χ1) is 9.62. The summed E-state index contributed by atoms with van der Waals surface area (Å²) < 4.78 is 23.4. The molecule has 1 aliphatic heterocycles. The van der Waals surface area contributed by atoms with Gasteiger partial charge in [0.2, 0.25) is 11.8 Å². The van der Waals surface area contributed by atoms with Crippen LogP contribution < -0.4 is 16.2 Å². The van der Waals surface area contributed by atoms with Gasteiger partial charge in [0.05, 0.1) is 12.6 Å². The number of piperazine rings is 1. The van der Waals surface area contributed by atoms with Gasteiger partial charge in [-0.25, -0.2) is 5.14 Å². The second kappa shape index (κ2) is 7.16. The van der Waals surface area contributed by atoms with Crippen molar-refractivity contribution < 1.29 is 18.0 Å². The van der Waals surface area contributed by atoms with Gasteiger partial charge in [-0.05, 0) is 5.92 Å². The quantitative estimate of drug-likeness (QED) is 0.511. The summed E-state index contributed by atoms with van der Waals surface area (Å²) in [4.78, 5) is 25.1. The molecule has 1 heterocycles. The SMILES string of the molecule is CC(C)[C@H](N)C(=O)NCC(=O)N1CCN(S(N)(=O)=O)CC1. The Labute approximate surface area is 124 Å². The number of nitrogens with two attached hydrogens (primary N) is 2. The fraction of sp³-hybridized carbons (Fsp3) is 0.818. The van der Waals surface area contributed by atoms with Crippen LogP contribution in [0.3, 0.4) is 0 Å². The van der Waals surface area contributed by atoms with E-state index in [9.17, 15) is 18.0 Å². The van der Waals surface area contributed by atoms with Gasteiger partial charge >= 0.3 is 0 Å². The van der Waals surface area contributed by atoms with Gasteiger partial charge in [0.15, 0.2) is 0 Å². The Balaban J connectivity index is 2.40. The van der Waals surface area contributed by atoms with Crippen LogP contribution in [-0.4, -0.2) is 68.2 Å². The average molecular weight is 321 g/mol. The summed E-state index contributed by atoms with van der Waals surface area (Å²) in [6, 6.07) is -0.656. The smallest absolute Gasteiger partial charge is 0.277 e. The lowest BCUT2D eigenvalue weighted by Gasteiger charge is -2.33. The second-order valence-electron chi connectivity index (χ2n) is 5.31. The monoisotopic (exact) mass is 321 g/mol. The number of carbonyl (C=O) groups excluding carboxylic acids is 2. The molecule has 1 fully saturated rings. The number of nitrogens with zero attached hydrogens (tertiary/aromatic N) is 2. The summed E-state index contributed by atoms with van der Waals surface area (Å²) in [6.45, 7) is 4.31. The Bertz CT molecular complexity index is 485. The number of carbonyl (C=O) groups is 2. The van der Waals surface area contributed by atoms with Gasteiger partial charge in [-0.3, -0.25) is 9.59 Å². The minimum Gasteiger partial charge on any atom is -0.346 e. The predicted molar refractivity (Wildman–Crippen MR) is 77.1 cm³/mol. The molecule has 5 N–H and O–H groups in total. The molecule has 1 saturated heterocycles. The van der Waals surface area contributed by atoms with E-state index in [0.29, 0.717) is 0 Å². The van der Waals surface area contributed by atoms with Crippen LogP contribution in [0.2, 0.25) is 0 Å². The highest BCUT2D eigenvalue weighted by Crippen LogP contribution is 2.04. The molecule has 0 aromatic carbocycles. The zero-order chi connectivity index (χ0) is 16.2. The molecule has 0 aromatic heterocycles. The lowest BCUT2D eigenvalue weighted by atomic mass is 10.1. The Morgan fingerprint density at radius 3 is 2.14 bits per heavy atom. The lowest BCUT2D eigenvalue weighted by Crippen LogP contribution is -2.54. The number of amides is 2. The van der Waals surface area contributed by atoms with Gasteiger partial charge in [0.25, 0.3) is 10.2 Å². The molecule has 2 amide bonds. The summed E-state index contributed by atoms with van der Waals surface area (Å²) in [5, 5.41) is 7.51. The van der Waals surface area contributed by atoms with Crippen molar-refractivity contribution in [3.63, 3.8) is 0 Å². The normalized spacial score (nSPS) is 18.6. The first kappa shape index (κ1) is 17.8. The molecular weight excluding hydrogens is 298 g/mol. The maximum atomic E-state index is 11.9. The van der Waals surface area contributed by atoms with Crippen LogP contribution in [0.4, 0.5) is 0 Å². The first-order valence-corrected chi connectivity index (χ1v) is 8.22. The van der Waals surface area contributed by atoms with Crippen molar-refractivity contribution in [2.45, 2.75) is 19.9 Å². The lowest BCUT2D eigenvalue weighted by molar-refractivity contribution is -0.134. The maximum Gasteiger partial charge on any atom is 0.277 e. The van der Waals surface area contributed by atoms with Crippen LogP contribution in [0.15, 0.2) is 0 Å². The summed E-state index contributed by atoms with van der Waals surface area (Å²) in [6.07, 6.45) is 0. The van der Waals surface area contributed by atoms with E-state index in [0.717, 1.165) is 4.31 Å². The third kappa shape index (κ3) is 5.23. The van der Waals surface area contributed by atoms with E-state index in [2.05, 4.69) is 5.32 Å². The summed E-state index contributed by atoms with van der Waals surface area (Å²) >= 11 is 0. The molecule has 1 rings (SSSR count). The topological polar surface area (TPSA) is 139 Å². The van der Waals surface area contributed by atoms with E-state index >= 15 is 0 Å². The summed E-state index contributed by atoms with van der Waals surface area (Å²) in [5.74, 6) is -0.659. The molecule has 0 spiro atoms. The first-order valence-electron chi connectivity index (χ1n) is 6.72. The van der Waals surface area contributed by atoms with Crippen molar-refractivity contribution in [1.29, 1.82) is 0 Å². The third-order valence-corrected chi connectivity index (χ3v) is 4.47. The van der Waals surface area contributed by atoms with Crippen molar-refractivity contribution in [2.24, 2.45) is 16.8 Å². The molecular formula is C11H23N5O4S. The van der Waals surface area contributed by atoms with E-state index < -0.39 is 16.3 Å². The van der Waals surface area contributed by atoms with E-state index in [1.165, 1.54) is 4.90 Å². The van der Waals surface area contributed by atoms with Crippen molar-refractivity contribution in [3.05, 3.63) is 0 Å². The van der Waals surface area contributed by atoms with Gasteiger partial charge in [-0.2, -0.15) is 12.7 Å². The Hall–Kier alpha value is -1.23. The molecule has 0 aliphatic carbocycles. The molecule has 0 saturated carbocycles. The standard InChI is InChI=1S/C11H23N5O4S/c1-8(2)10(12)11(18)14-7-9(17)15-3-5-16(6-4-15)21(13,19)20/h8,10H,3-7,12H2,1-2H3,(H,14,18)(H2,13,19,20)/t10-/m0/s1. The molecule has 0 unspecified atom stereocenters. The van der Waals surface area contributed by atoms with Crippen LogP contribution in [0.1, 0.15) is 13.8 Å². The Morgan fingerprint density at radius 1 is 1.19 bits per heavy atom. The summed E-state index contributed by atoms with van der Waals surface area (Å²) in [7, 11) is -3.71. The second-order valence-corrected chi connectivity index (χ2v) is 6.86.